The monoisotopic (exact) mass is 468 g/mol. The zero-order valence-electron chi connectivity index (χ0n) is 17.8. The predicted molar refractivity (Wildman–Crippen MR) is 122 cm³/mol. The number of rotatable bonds is 6. The molecule has 0 spiro atoms. The number of hydrogen-bond donors (Lipinski definition) is 1. The van der Waals surface area contributed by atoms with Gasteiger partial charge in [-0.3, -0.25) is 9.59 Å². The molecule has 4 aromatic rings. The summed E-state index contributed by atoms with van der Waals surface area (Å²) in [6, 6.07) is 14.5. The number of halogens is 3. The Morgan fingerprint density at radius 2 is 1.82 bits per heavy atom. The van der Waals surface area contributed by atoms with Gasteiger partial charge in [0.15, 0.2) is 11.4 Å². The van der Waals surface area contributed by atoms with E-state index in [1.807, 2.05) is 0 Å². The molecule has 6 nitrogen and oxygen atoms in total. The zero-order chi connectivity index (χ0) is 23.7. The Labute approximate surface area is 193 Å². The molecule has 2 aromatic heterocycles. The number of fused-ring (bicyclic) bond motifs is 1. The number of aromatic nitrogens is 3. The third-order valence-electron chi connectivity index (χ3n) is 5.10. The molecule has 1 amide bonds. The summed E-state index contributed by atoms with van der Waals surface area (Å²) < 4.78 is 28.3. The van der Waals surface area contributed by atoms with Crippen LogP contribution >= 0.6 is 11.6 Å². The number of carbonyl (C=O) groups is 2. The van der Waals surface area contributed by atoms with Gasteiger partial charge in [-0.1, -0.05) is 41.9 Å². The van der Waals surface area contributed by atoms with Crippen LogP contribution in [0.15, 0.2) is 54.6 Å². The first-order valence-electron chi connectivity index (χ1n) is 10.1. The Kier molecular flexibility index (Phi) is 6.20. The number of anilines is 1. The Morgan fingerprint density at radius 3 is 2.52 bits per heavy atom. The van der Waals surface area contributed by atoms with Gasteiger partial charge in [-0.25, -0.2) is 18.4 Å². The number of alkyl halides is 2. The van der Waals surface area contributed by atoms with Crippen LogP contribution in [0.25, 0.3) is 11.0 Å². The predicted octanol–water partition coefficient (Wildman–Crippen LogP) is 5.51. The summed E-state index contributed by atoms with van der Waals surface area (Å²) in [4.78, 5) is 30.1. The molecule has 0 radical (unpaired) electrons. The molecule has 4 rings (SSSR count). The van der Waals surface area contributed by atoms with Crippen molar-refractivity contribution in [3.05, 3.63) is 87.7 Å². The number of ketones is 1. The quantitative estimate of drug-likeness (QED) is 0.378. The fourth-order valence-corrected chi connectivity index (χ4v) is 3.86. The number of hydrogen-bond acceptors (Lipinski definition) is 4. The van der Waals surface area contributed by atoms with Crippen LogP contribution in [0.2, 0.25) is 5.02 Å². The van der Waals surface area contributed by atoms with Crippen LogP contribution in [0.4, 0.5) is 14.5 Å². The van der Waals surface area contributed by atoms with Gasteiger partial charge in [-0.05, 0) is 38.1 Å². The van der Waals surface area contributed by atoms with Gasteiger partial charge >= 0.3 is 0 Å². The van der Waals surface area contributed by atoms with Crippen molar-refractivity contribution in [1.82, 2.24) is 14.8 Å². The van der Waals surface area contributed by atoms with E-state index in [1.165, 1.54) is 16.8 Å². The zero-order valence-corrected chi connectivity index (χ0v) is 18.5. The van der Waals surface area contributed by atoms with Crippen LogP contribution in [0, 0.1) is 13.8 Å². The normalized spacial score (nSPS) is 11.2. The lowest BCUT2D eigenvalue weighted by Crippen LogP contribution is -2.21. The van der Waals surface area contributed by atoms with E-state index in [4.69, 9.17) is 11.6 Å². The van der Waals surface area contributed by atoms with Crippen LogP contribution < -0.4 is 5.32 Å². The maximum absolute atomic E-state index is 13.5. The van der Waals surface area contributed by atoms with Crippen molar-refractivity contribution in [1.29, 1.82) is 0 Å². The van der Waals surface area contributed by atoms with Crippen molar-refractivity contribution in [3.8, 4) is 0 Å². The molecular formula is C24H19ClF2N4O2. The SMILES string of the molecule is Cc1cc(C(F)F)c2c(C)nn(CC(=O)Nc3ccc(Cl)cc3C(=O)c3ccccc3)c2n1. The van der Waals surface area contributed by atoms with Crippen LogP contribution in [0.1, 0.15) is 39.3 Å². The van der Waals surface area contributed by atoms with E-state index in [0.717, 1.165) is 0 Å². The molecular weight excluding hydrogens is 450 g/mol. The van der Waals surface area contributed by atoms with Crippen molar-refractivity contribution < 1.29 is 18.4 Å². The summed E-state index contributed by atoms with van der Waals surface area (Å²) in [5.74, 6) is -0.793. The van der Waals surface area contributed by atoms with Gasteiger partial charge in [0.1, 0.15) is 6.54 Å². The van der Waals surface area contributed by atoms with Gasteiger partial charge in [-0.2, -0.15) is 5.10 Å². The Morgan fingerprint density at radius 1 is 1.09 bits per heavy atom. The smallest absolute Gasteiger partial charge is 0.264 e. The van der Waals surface area contributed by atoms with E-state index in [-0.39, 0.29) is 40.2 Å². The highest BCUT2D eigenvalue weighted by Crippen LogP contribution is 2.30. The van der Waals surface area contributed by atoms with Gasteiger partial charge in [0.2, 0.25) is 5.91 Å². The first-order chi connectivity index (χ1) is 15.7. The van der Waals surface area contributed by atoms with Gasteiger partial charge in [0.25, 0.3) is 6.43 Å². The largest absolute Gasteiger partial charge is 0.324 e. The topological polar surface area (TPSA) is 76.9 Å². The maximum Gasteiger partial charge on any atom is 0.264 e. The van der Waals surface area contributed by atoms with Crippen molar-refractivity contribution in [2.24, 2.45) is 0 Å². The molecule has 9 heteroatoms. The number of amides is 1. The number of nitrogens with zero attached hydrogens (tertiary/aromatic N) is 3. The fraction of sp³-hybridized carbons (Fsp3) is 0.167. The van der Waals surface area contributed by atoms with E-state index < -0.39 is 12.3 Å². The van der Waals surface area contributed by atoms with Crippen molar-refractivity contribution >= 4 is 40.0 Å². The lowest BCUT2D eigenvalue weighted by Gasteiger charge is -2.12. The lowest BCUT2D eigenvalue weighted by molar-refractivity contribution is -0.116. The van der Waals surface area contributed by atoms with Gasteiger partial charge in [-0.15, -0.1) is 0 Å². The summed E-state index contributed by atoms with van der Waals surface area (Å²) in [7, 11) is 0. The molecule has 2 heterocycles. The first-order valence-corrected chi connectivity index (χ1v) is 10.4. The molecule has 1 N–H and O–H groups in total. The number of pyridine rings is 1. The molecule has 0 fully saturated rings. The molecule has 0 bridgehead atoms. The molecule has 0 aliphatic heterocycles. The first kappa shape index (κ1) is 22.5. The van der Waals surface area contributed by atoms with E-state index in [9.17, 15) is 18.4 Å². The average molecular weight is 469 g/mol. The molecule has 33 heavy (non-hydrogen) atoms. The highest BCUT2D eigenvalue weighted by atomic mass is 35.5. The van der Waals surface area contributed by atoms with E-state index in [1.54, 1.807) is 56.3 Å². The van der Waals surface area contributed by atoms with Crippen molar-refractivity contribution in [2.45, 2.75) is 26.8 Å². The summed E-state index contributed by atoms with van der Waals surface area (Å²) in [6.45, 7) is 2.92. The van der Waals surface area contributed by atoms with Crippen molar-refractivity contribution in [3.63, 3.8) is 0 Å². The number of carbonyl (C=O) groups excluding carboxylic acids is 2. The van der Waals surface area contributed by atoms with Crippen LogP contribution in [-0.2, 0) is 11.3 Å². The fourth-order valence-electron chi connectivity index (χ4n) is 3.68. The molecule has 0 saturated heterocycles. The third kappa shape index (κ3) is 4.61. The molecule has 0 saturated carbocycles. The highest BCUT2D eigenvalue weighted by Gasteiger charge is 2.21. The van der Waals surface area contributed by atoms with Gasteiger partial charge in [0.05, 0.1) is 16.8 Å². The Balaban J connectivity index is 1.65. The molecule has 0 atom stereocenters. The lowest BCUT2D eigenvalue weighted by atomic mass is 10.0. The second-order valence-corrected chi connectivity index (χ2v) is 7.96. The van der Waals surface area contributed by atoms with Gasteiger partial charge in [0, 0.05) is 27.4 Å². The number of benzene rings is 2. The number of aryl methyl sites for hydroxylation is 2. The minimum atomic E-state index is -2.69. The maximum atomic E-state index is 13.5. The summed E-state index contributed by atoms with van der Waals surface area (Å²) in [6.07, 6.45) is -2.69. The second kappa shape index (κ2) is 9.07. The molecule has 0 aliphatic carbocycles. The van der Waals surface area contributed by atoms with Crippen molar-refractivity contribution in [2.75, 3.05) is 5.32 Å². The minimum Gasteiger partial charge on any atom is -0.324 e. The standard InChI is InChI=1S/C24H19ClF2N4O2/c1-13-10-18(23(26)27)21-14(2)30-31(24(21)28-13)12-20(32)29-19-9-8-16(25)11-17(19)22(33)15-6-4-3-5-7-15/h3-11,23H,12H2,1-2H3,(H,29,32). The summed E-state index contributed by atoms with van der Waals surface area (Å²) in [5.41, 5.74) is 1.74. The average Bonchev–Trinajstić information content (AvgIpc) is 3.09. The minimum absolute atomic E-state index is 0.171. The molecule has 0 aliphatic rings. The third-order valence-corrected chi connectivity index (χ3v) is 5.34. The second-order valence-electron chi connectivity index (χ2n) is 7.53. The van der Waals surface area contributed by atoms with Gasteiger partial charge < -0.3 is 5.32 Å². The van der Waals surface area contributed by atoms with Crippen LogP contribution in [0.5, 0.6) is 0 Å². The molecule has 168 valence electrons. The molecule has 2 aromatic carbocycles. The summed E-state index contributed by atoms with van der Waals surface area (Å²) >= 11 is 6.09. The highest BCUT2D eigenvalue weighted by molar-refractivity contribution is 6.31. The number of nitrogens with one attached hydrogen (secondary N) is 1. The van der Waals surface area contributed by atoms with Crippen LogP contribution in [-0.4, -0.2) is 26.5 Å². The van der Waals surface area contributed by atoms with E-state index >= 15 is 0 Å². The molecule has 0 unspecified atom stereocenters. The van der Waals surface area contributed by atoms with Crippen LogP contribution in [0.3, 0.4) is 0 Å². The Bertz CT molecular complexity index is 1370. The Hall–Kier alpha value is -3.65. The summed E-state index contributed by atoms with van der Waals surface area (Å²) in [5, 5.41) is 7.53. The van der Waals surface area contributed by atoms with E-state index in [0.29, 0.717) is 22.0 Å². The van der Waals surface area contributed by atoms with E-state index in [2.05, 4.69) is 15.4 Å².